The summed E-state index contributed by atoms with van der Waals surface area (Å²) >= 11 is 5.75. The molecule has 0 fully saturated rings. The lowest BCUT2D eigenvalue weighted by molar-refractivity contribution is -0.143. The number of aliphatic hydroxyl groups excluding tert-OH is 1. The molecule has 114 valence electrons. The Morgan fingerprint density at radius 2 is 2.10 bits per heavy atom. The van der Waals surface area contributed by atoms with Crippen LogP contribution in [-0.4, -0.2) is 33.7 Å². The highest BCUT2D eigenvalue weighted by molar-refractivity contribution is 6.32. The number of nitrogens with zero attached hydrogens (tertiary/aromatic N) is 2. The molecule has 5 nitrogen and oxygen atoms in total. The van der Waals surface area contributed by atoms with E-state index in [-0.39, 0.29) is 34.0 Å². The molecule has 1 heterocycles. The Hall–Kier alpha value is -1.28. The Bertz CT molecular complexity index is 519. The summed E-state index contributed by atoms with van der Waals surface area (Å²) in [5.74, 6) is -0.122. The minimum atomic E-state index is -4.55. The molecule has 0 aromatic carbocycles. The predicted octanol–water partition coefficient (Wildman–Crippen LogP) is 1.89. The molecule has 0 saturated carbocycles. The van der Waals surface area contributed by atoms with Crippen molar-refractivity contribution in [3.8, 4) is 0 Å². The van der Waals surface area contributed by atoms with Gasteiger partial charge in [0.15, 0.2) is 0 Å². The van der Waals surface area contributed by atoms with E-state index in [1.54, 1.807) is 13.8 Å². The van der Waals surface area contributed by atoms with Gasteiger partial charge in [-0.05, 0) is 12.8 Å². The number of aromatic nitrogens is 2. The lowest BCUT2D eigenvalue weighted by atomic mass is 10.1. The SMILES string of the molecule is CC(CO)C(C)Nc1cnn(CC(F)(F)F)c(=O)c1Cl. The number of hydrogen-bond acceptors (Lipinski definition) is 4. The first kappa shape index (κ1) is 16.8. The molecule has 9 heteroatoms. The van der Waals surface area contributed by atoms with E-state index >= 15 is 0 Å². The van der Waals surface area contributed by atoms with Crippen molar-refractivity contribution >= 4 is 17.3 Å². The number of rotatable bonds is 5. The Morgan fingerprint density at radius 3 is 2.60 bits per heavy atom. The summed E-state index contributed by atoms with van der Waals surface area (Å²) in [5.41, 5.74) is -0.874. The van der Waals surface area contributed by atoms with E-state index in [0.717, 1.165) is 6.20 Å². The smallest absolute Gasteiger partial charge is 0.396 e. The molecule has 1 rings (SSSR count). The maximum atomic E-state index is 12.2. The van der Waals surface area contributed by atoms with E-state index < -0.39 is 18.3 Å². The molecule has 0 aliphatic carbocycles. The van der Waals surface area contributed by atoms with Crippen molar-refractivity contribution in [2.45, 2.75) is 32.6 Å². The summed E-state index contributed by atoms with van der Waals surface area (Å²) in [6.45, 7) is 1.95. The summed E-state index contributed by atoms with van der Waals surface area (Å²) < 4.78 is 36.9. The van der Waals surface area contributed by atoms with E-state index in [1.165, 1.54) is 0 Å². The molecule has 2 atom stereocenters. The minimum Gasteiger partial charge on any atom is -0.396 e. The van der Waals surface area contributed by atoms with Gasteiger partial charge < -0.3 is 10.4 Å². The van der Waals surface area contributed by atoms with Gasteiger partial charge in [0.25, 0.3) is 5.56 Å². The molecule has 1 aromatic rings. The van der Waals surface area contributed by atoms with E-state index in [9.17, 15) is 18.0 Å². The van der Waals surface area contributed by atoms with Crippen LogP contribution in [0, 0.1) is 5.92 Å². The van der Waals surface area contributed by atoms with E-state index in [2.05, 4.69) is 10.4 Å². The van der Waals surface area contributed by atoms with Crippen LogP contribution >= 0.6 is 11.6 Å². The van der Waals surface area contributed by atoms with Gasteiger partial charge >= 0.3 is 6.18 Å². The van der Waals surface area contributed by atoms with Gasteiger partial charge in [0.05, 0.1) is 11.9 Å². The Labute approximate surface area is 118 Å². The Morgan fingerprint density at radius 1 is 1.50 bits per heavy atom. The number of alkyl halides is 3. The molecule has 20 heavy (non-hydrogen) atoms. The monoisotopic (exact) mass is 313 g/mol. The maximum absolute atomic E-state index is 12.2. The summed E-state index contributed by atoms with van der Waals surface area (Å²) in [7, 11) is 0. The molecule has 0 spiro atoms. The number of nitrogens with one attached hydrogen (secondary N) is 1. The molecule has 0 bridgehead atoms. The average Bonchev–Trinajstić information content (AvgIpc) is 2.35. The molecule has 0 radical (unpaired) electrons. The summed E-state index contributed by atoms with van der Waals surface area (Å²) in [5, 5.41) is 14.9. The van der Waals surface area contributed by atoms with E-state index in [4.69, 9.17) is 16.7 Å². The molecule has 0 aliphatic heterocycles. The van der Waals surface area contributed by atoms with Crippen LogP contribution in [0.3, 0.4) is 0 Å². The third kappa shape index (κ3) is 4.38. The number of anilines is 1. The molecule has 0 amide bonds. The second kappa shape index (κ2) is 6.45. The van der Waals surface area contributed by atoms with Crippen LogP contribution in [0.2, 0.25) is 5.02 Å². The molecular formula is C11H15ClF3N3O2. The van der Waals surface area contributed by atoms with Crippen LogP contribution in [0.25, 0.3) is 0 Å². The first-order chi connectivity index (χ1) is 9.15. The number of halogens is 4. The largest absolute Gasteiger partial charge is 0.408 e. The van der Waals surface area contributed by atoms with Crippen LogP contribution in [0.4, 0.5) is 18.9 Å². The van der Waals surface area contributed by atoms with Gasteiger partial charge in [0.2, 0.25) is 0 Å². The lowest BCUT2D eigenvalue weighted by Crippen LogP contribution is -2.32. The highest BCUT2D eigenvalue weighted by atomic mass is 35.5. The second-order valence-electron chi connectivity index (χ2n) is 4.54. The van der Waals surface area contributed by atoms with Crippen molar-refractivity contribution in [3.63, 3.8) is 0 Å². The zero-order chi connectivity index (χ0) is 15.5. The van der Waals surface area contributed by atoms with Crippen LogP contribution < -0.4 is 10.9 Å². The molecule has 1 aromatic heterocycles. The normalized spacial score (nSPS) is 14.9. The third-order valence-corrected chi connectivity index (χ3v) is 3.20. The zero-order valence-electron chi connectivity index (χ0n) is 10.9. The van der Waals surface area contributed by atoms with Crippen LogP contribution in [0.1, 0.15) is 13.8 Å². The van der Waals surface area contributed by atoms with Gasteiger partial charge in [-0.3, -0.25) is 4.79 Å². The first-order valence-corrected chi connectivity index (χ1v) is 6.23. The zero-order valence-corrected chi connectivity index (χ0v) is 11.7. The summed E-state index contributed by atoms with van der Waals surface area (Å²) in [4.78, 5) is 11.7. The highest BCUT2D eigenvalue weighted by Gasteiger charge is 2.29. The molecular weight excluding hydrogens is 299 g/mol. The minimum absolute atomic E-state index is 0.0790. The van der Waals surface area contributed by atoms with Gasteiger partial charge in [0, 0.05) is 12.6 Å². The van der Waals surface area contributed by atoms with Crippen molar-refractivity contribution in [3.05, 3.63) is 21.6 Å². The molecule has 2 N–H and O–H groups in total. The standard InChI is InChI=1S/C11H15ClF3N3O2/c1-6(4-19)7(2)17-8-3-16-18(5-11(13,14)15)10(20)9(8)12/h3,6-7,17,19H,4-5H2,1-2H3. The van der Waals surface area contributed by atoms with Crippen molar-refractivity contribution < 1.29 is 18.3 Å². The van der Waals surface area contributed by atoms with Crippen LogP contribution in [-0.2, 0) is 6.54 Å². The quantitative estimate of drug-likeness (QED) is 0.871. The van der Waals surface area contributed by atoms with Gasteiger partial charge in [-0.2, -0.15) is 18.3 Å². The van der Waals surface area contributed by atoms with Gasteiger partial charge in [-0.25, -0.2) is 4.68 Å². The van der Waals surface area contributed by atoms with Crippen molar-refractivity contribution in [1.82, 2.24) is 9.78 Å². The molecule has 2 unspecified atom stereocenters. The van der Waals surface area contributed by atoms with E-state index in [1.807, 2.05) is 0 Å². The van der Waals surface area contributed by atoms with Crippen LogP contribution in [0.5, 0.6) is 0 Å². The average molecular weight is 314 g/mol. The Kier molecular flexibility index (Phi) is 5.41. The predicted molar refractivity (Wildman–Crippen MR) is 68.9 cm³/mol. The Balaban J connectivity index is 2.98. The van der Waals surface area contributed by atoms with Gasteiger partial charge in [-0.1, -0.05) is 18.5 Å². The van der Waals surface area contributed by atoms with E-state index in [0.29, 0.717) is 0 Å². The fourth-order valence-electron chi connectivity index (χ4n) is 1.39. The summed E-state index contributed by atoms with van der Waals surface area (Å²) in [6.07, 6.45) is -3.48. The molecule has 0 saturated heterocycles. The maximum Gasteiger partial charge on any atom is 0.408 e. The number of hydrogen-bond donors (Lipinski definition) is 2. The number of aliphatic hydroxyl groups is 1. The second-order valence-corrected chi connectivity index (χ2v) is 4.92. The highest BCUT2D eigenvalue weighted by Crippen LogP contribution is 2.20. The lowest BCUT2D eigenvalue weighted by Gasteiger charge is -2.21. The summed E-state index contributed by atoms with van der Waals surface area (Å²) in [6, 6.07) is -0.225. The third-order valence-electron chi connectivity index (χ3n) is 2.84. The van der Waals surface area contributed by atoms with Gasteiger partial charge in [-0.15, -0.1) is 0 Å². The fraction of sp³-hybridized carbons (Fsp3) is 0.636. The fourth-order valence-corrected chi connectivity index (χ4v) is 1.59. The van der Waals surface area contributed by atoms with Gasteiger partial charge in [0.1, 0.15) is 11.6 Å². The van der Waals surface area contributed by atoms with Crippen molar-refractivity contribution in [2.75, 3.05) is 11.9 Å². The van der Waals surface area contributed by atoms with Crippen molar-refractivity contribution in [2.24, 2.45) is 5.92 Å². The van der Waals surface area contributed by atoms with Crippen LogP contribution in [0.15, 0.2) is 11.0 Å². The van der Waals surface area contributed by atoms with Crippen molar-refractivity contribution in [1.29, 1.82) is 0 Å². The topological polar surface area (TPSA) is 67.2 Å². The first-order valence-electron chi connectivity index (χ1n) is 5.85. The molecule has 0 aliphatic rings.